The van der Waals surface area contributed by atoms with E-state index in [9.17, 15) is 23.5 Å². The van der Waals surface area contributed by atoms with E-state index < -0.39 is 11.8 Å². The lowest BCUT2D eigenvalue weighted by Crippen LogP contribution is -2.73. The maximum atomic E-state index is 13.6. The summed E-state index contributed by atoms with van der Waals surface area (Å²) in [5.74, 6) is -1.08. The quantitative estimate of drug-likeness (QED) is 0.618. The zero-order chi connectivity index (χ0) is 23.8. The first-order valence-electron chi connectivity index (χ1n) is 11.0. The summed E-state index contributed by atoms with van der Waals surface area (Å²) in [4.78, 5) is 28.7. The molecule has 0 spiro atoms. The third-order valence-corrected chi connectivity index (χ3v) is 6.59. The molecule has 2 heterocycles. The number of aliphatic hydroxyl groups excluding tert-OH is 1. The molecule has 0 unspecified atom stereocenters. The lowest BCUT2D eigenvalue weighted by molar-refractivity contribution is -0.159. The minimum Gasteiger partial charge on any atom is -0.394 e. The monoisotopic (exact) mass is 463 g/mol. The number of halogens is 2. The van der Waals surface area contributed by atoms with Gasteiger partial charge >= 0.3 is 6.03 Å². The van der Waals surface area contributed by atoms with Crippen LogP contribution >= 0.6 is 0 Å². The number of carbonyl (C=O) groups is 2. The van der Waals surface area contributed by atoms with Crippen LogP contribution in [0.4, 0.5) is 19.3 Å². The molecule has 3 aromatic rings. The van der Waals surface area contributed by atoms with E-state index in [1.807, 2.05) is 30.3 Å². The minimum absolute atomic E-state index is 0.0920. The first-order valence-corrected chi connectivity index (χ1v) is 11.0. The molecule has 0 aromatic heterocycles. The lowest BCUT2D eigenvalue weighted by atomic mass is 9.73. The number of hydrogen-bond donors (Lipinski definition) is 2. The molecule has 2 saturated heterocycles. The molecule has 2 aliphatic heterocycles. The summed E-state index contributed by atoms with van der Waals surface area (Å²) in [6.45, 7) is 0.0389. The SMILES string of the molecule is O=C(Nc1ccc(F)cc1)N1CC(=O)N2[C@@H](CO)[C@@H](c3ccc(-c4cccc(F)c4)cc3)[C@@H]2C1. The van der Waals surface area contributed by atoms with Crippen LogP contribution in [-0.2, 0) is 4.79 Å². The van der Waals surface area contributed by atoms with E-state index in [4.69, 9.17) is 0 Å². The molecular formula is C26H23F2N3O3. The minimum atomic E-state index is -0.438. The Kier molecular flexibility index (Phi) is 5.75. The second kappa shape index (κ2) is 8.87. The van der Waals surface area contributed by atoms with Crippen LogP contribution in [0.5, 0.6) is 0 Å². The molecule has 2 N–H and O–H groups in total. The van der Waals surface area contributed by atoms with Crippen LogP contribution in [0.15, 0.2) is 72.8 Å². The van der Waals surface area contributed by atoms with Gasteiger partial charge in [-0.1, -0.05) is 36.4 Å². The van der Waals surface area contributed by atoms with Crippen molar-refractivity contribution in [1.29, 1.82) is 0 Å². The normalized spacial score (nSPS) is 21.6. The Morgan fingerprint density at radius 1 is 0.971 bits per heavy atom. The average molecular weight is 463 g/mol. The average Bonchev–Trinajstić information content (AvgIpc) is 2.82. The predicted molar refractivity (Wildman–Crippen MR) is 123 cm³/mol. The van der Waals surface area contributed by atoms with Crippen molar-refractivity contribution in [2.24, 2.45) is 0 Å². The van der Waals surface area contributed by atoms with Crippen molar-refractivity contribution in [2.45, 2.75) is 18.0 Å². The Bertz CT molecular complexity index is 1220. The van der Waals surface area contributed by atoms with Gasteiger partial charge in [0.2, 0.25) is 5.91 Å². The number of urea groups is 1. The Morgan fingerprint density at radius 2 is 1.71 bits per heavy atom. The van der Waals surface area contributed by atoms with Crippen LogP contribution in [0, 0.1) is 11.6 Å². The number of piperazine rings is 1. The third kappa shape index (κ3) is 4.01. The second-order valence-corrected chi connectivity index (χ2v) is 8.59. The van der Waals surface area contributed by atoms with Crippen molar-refractivity contribution >= 4 is 17.6 Å². The van der Waals surface area contributed by atoms with Crippen molar-refractivity contribution in [1.82, 2.24) is 9.80 Å². The highest BCUT2D eigenvalue weighted by Crippen LogP contribution is 2.43. The van der Waals surface area contributed by atoms with Crippen molar-refractivity contribution in [2.75, 3.05) is 25.0 Å². The molecule has 5 rings (SSSR count). The van der Waals surface area contributed by atoms with Gasteiger partial charge in [-0.3, -0.25) is 4.79 Å². The van der Waals surface area contributed by atoms with Gasteiger partial charge in [0.25, 0.3) is 0 Å². The van der Waals surface area contributed by atoms with Crippen LogP contribution in [0.3, 0.4) is 0 Å². The van der Waals surface area contributed by atoms with Gasteiger partial charge in [-0.05, 0) is 53.1 Å². The summed E-state index contributed by atoms with van der Waals surface area (Å²) < 4.78 is 26.7. The molecule has 34 heavy (non-hydrogen) atoms. The van der Waals surface area contributed by atoms with E-state index in [1.165, 1.54) is 41.3 Å². The highest BCUT2D eigenvalue weighted by Gasteiger charge is 2.54. The number of aliphatic hydroxyl groups is 1. The standard InChI is InChI=1S/C26H23F2N3O3/c27-19-8-10-21(11-9-19)29-26(34)30-13-22-25(23(15-32)31(22)24(33)14-30)17-6-4-16(5-7-17)18-2-1-3-20(28)12-18/h1-12,22-23,25,32H,13-15H2,(H,29,34)/t22-,23-,25-/m0/s1. The molecule has 3 aromatic carbocycles. The number of nitrogens with zero attached hydrogens (tertiary/aromatic N) is 2. The highest BCUT2D eigenvalue weighted by molar-refractivity contribution is 5.93. The first kappa shape index (κ1) is 22.0. The van der Waals surface area contributed by atoms with Crippen LogP contribution in [0.1, 0.15) is 11.5 Å². The molecular weight excluding hydrogens is 440 g/mol. The topological polar surface area (TPSA) is 72.9 Å². The van der Waals surface area contributed by atoms with Crippen LogP contribution < -0.4 is 5.32 Å². The van der Waals surface area contributed by atoms with Gasteiger partial charge in [-0.15, -0.1) is 0 Å². The Labute approximate surface area is 195 Å². The summed E-state index contributed by atoms with van der Waals surface area (Å²) in [5.41, 5.74) is 3.00. The van der Waals surface area contributed by atoms with E-state index in [0.717, 1.165) is 16.7 Å². The number of rotatable bonds is 4. The number of fused-ring (bicyclic) bond motifs is 1. The molecule has 0 saturated carbocycles. The molecule has 174 valence electrons. The molecule has 6 nitrogen and oxygen atoms in total. The fourth-order valence-corrected chi connectivity index (χ4v) is 4.96. The van der Waals surface area contributed by atoms with Crippen molar-refractivity contribution in [3.05, 3.63) is 90.0 Å². The molecule has 2 aliphatic rings. The first-order chi connectivity index (χ1) is 16.4. The van der Waals surface area contributed by atoms with Gasteiger partial charge in [0.05, 0.1) is 18.7 Å². The summed E-state index contributed by atoms with van der Waals surface area (Å²) in [6.07, 6.45) is 0. The van der Waals surface area contributed by atoms with E-state index >= 15 is 0 Å². The molecule has 8 heteroatoms. The fourth-order valence-electron chi connectivity index (χ4n) is 4.96. The molecule has 0 bridgehead atoms. The van der Waals surface area contributed by atoms with Gasteiger partial charge in [-0.2, -0.15) is 0 Å². The Morgan fingerprint density at radius 3 is 2.38 bits per heavy atom. The largest absolute Gasteiger partial charge is 0.394 e. The smallest absolute Gasteiger partial charge is 0.322 e. The number of amides is 3. The zero-order valence-corrected chi connectivity index (χ0v) is 18.2. The van der Waals surface area contributed by atoms with E-state index in [1.54, 1.807) is 11.0 Å². The van der Waals surface area contributed by atoms with Gasteiger partial charge in [-0.25, -0.2) is 13.6 Å². The fraction of sp³-hybridized carbons (Fsp3) is 0.231. The van der Waals surface area contributed by atoms with Gasteiger partial charge in [0.15, 0.2) is 0 Å². The molecule has 3 atom stereocenters. The second-order valence-electron chi connectivity index (χ2n) is 8.59. The maximum absolute atomic E-state index is 13.6. The number of hydrogen-bond acceptors (Lipinski definition) is 3. The summed E-state index contributed by atoms with van der Waals surface area (Å²) in [7, 11) is 0. The molecule has 0 radical (unpaired) electrons. The zero-order valence-electron chi connectivity index (χ0n) is 18.2. The number of benzene rings is 3. The third-order valence-electron chi connectivity index (χ3n) is 6.59. The van der Waals surface area contributed by atoms with Crippen molar-refractivity contribution in [3.63, 3.8) is 0 Å². The number of anilines is 1. The van der Waals surface area contributed by atoms with Crippen molar-refractivity contribution < 1.29 is 23.5 Å². The van der Waals surface area contributed by atoms with Crippen LogP contribution in [-0.4, -0.2) is 58.6 Å². The van der Waals surface area contributed by atoms with Gasteiger partial charge < -0.3 is 20.2 Å². The molecule has 2 fully saturated rings. The number of nitrogens with one attached hydrogen (secondary N) is 1. The summed E-state index contributed by atoms with van der Waals surface area (Å²) >= 11 is 0. The number of carbonyl (C=O) groups excluding carboxylic acids is 2. The summed E-state index contributed by atoms with van der Waals surface area (Å²) in [5, 5.41) is 12.7. The summed E-state index contributed by atoms with van der Waals surface area (Å²) in [6, 6.07) is 18.3. The maximum Gasteiger partial charge on any atom is 0.322 e. The van der Waals surface area contributed by atoms with Crippen LogP contribution in [0.25, 0.3) is 11.1 Å². The van der Waals surface area contributed by atoms with Crippen LogP contribution in [0.2, 0.25) is 0 Å². The predicted octanol–water partition coefficient (Wildman–Crippen LogP) is 3.83. The van der Waals surface area contributed by atoms with E-state index in [-0.39, 0.29) is 42.9 Å². The van der Waals surface area contributed by atoms with E-state index in [2.05, 4.69) is 5.32 Å². The highest BCUT2D eigenvalue weighted by atomic mass is 19.1. The van der Waals surface area contributed by atoms with Gasteiger partial charge in [0.1, 0.15) is 18.2 Å². The lowest BCUT2D eigenvalue weighted by Gasteiger charge is -2.58. The van der Waals surface area contributed by atoms with Crippen molar-refractivity contribution in [3.8, 4) is 11.1 Å². The van der Waals surface area contributed by atoms with Gasteiger partial charge in [0, 0.05) is 18.2 Å². The molecule has 0 aliphatic carbocycles. The Balaban J connectivity index is 1.34. The Hall–Kier alpha value is -3.78. The molecule has 3 amide bonds. The van der Waals surface area contributed by atoms with E-state index in [0.29, 0.717) is 12.2 Å².